The van der Waals surface area contributed by atoms with Crippen molar-refractivity contribution < 1.29 is 13.2 Å². The number of halogens is 1. The maximum atomic E-state index is 12.2. The minimum atomic E-state index is -3.53. The van der Waals surface area contributed by atoms with Gasteiger partial charge in [-0.05, 0) is 38.5 Å². The highest BCUT2D eigenvalue weighted by molar-refractivity contribution is 14.0. The highest BCUT2D eigenvalue weighted by atomic mass is 127. The molecule has 25 heavy (non-hydrogen) atoms. The fourth-order valence-corrected chi connectivity index (χ4v) is 2.99. The van der Waals surface area contributed by atoms with Crippen LogP contribution in [-0.4, -0.2) is 47.2 Å². The lowest BCUT2D eigenvalue weighted by Crippen LogP contribution is -2.47. The summed E-state index contributed by atoms with van der Waals surface area (Å²) < 4.78 is 31.8. The molecule has 1 rings (SSSR count). The maximum Gasteiger partial charge on any atom is 0.240 e. The Morgan fingerprint density at radius 3 is 2.52 bits per heavy atom. The molecular weight excluding hydrogens is 455 g/mol. The zero-order valence-corrected chi connectivity index (χ0v) is 18.6. The topological polar surface area (TPSA) is 91.8 Å². The summed E-state index contributed by atoms with van der Waals surface area (Å²) in [7, 11) is -0.309. The molecule has 0 aliphatic heterocycles. The standard InChI is InChI=1S/C16H28N4O3S.HI/c1-16(2,3)20-15(17-4)18-12-13-7-6-8-14(11-13)24(21,22)19-9-10-23-5;/h6-8,11,19H,9-10,12H2,1-5H3,(H2,17,18,20);1H. The van der Waals surface area contributed by atoms with E-state index < -0.39 is 10.0 Å². The Bertz CT molecular complexity index is 658. The second-order valence-corrected chi connectivity index (χ2v) is 8.11. The number of hydrogen-bond acceptors (Lipinski definition) is 4. The number of nitrogens with one attached hydrogen (secondary N) is 3. The summed E-state index contributed by atoms with van der Waals surface area (Å²) in [6.07, 6.45) is 0. The van der Waals surface area contributed by atoms with Crippen LogP contribution in [0.3, 0.4) is 0 Å². The third kappa shape index (κ3) is 9.38. The minimum Gasteiger partial charge on any atom is -0.383 e. The average Bonchev–Trinajstić information content (AvgIpc) is 2.51. The number of benzene rings is 1. The summed E-state index contributed by atoms with van der Waals surface area (Å²) in [4.78, 5) is 4.39. The zero-order chi connectivity index (χ0) is 18.2. The molecule has 7 nitrogen and oxygen atoms in total. The number of guanidine groups is 1. The number of sulfonamides is 1. The van der Waals surface area contributed by atoms with Crippen molar-refractivity contribution >= 4 is 40.0 Å². The van der Waals surface area contributed by atoms with Gasteiger partial charge in [-0.1, -0.05) is 12.1 Å². The molecule has 0 aromatic heterocycles. The van der Waals surface area contributed by atoms with Gasteiger partial charge in [-0.3, -0.25) is 4.99 Å². The van der Waals surface area contributed by atoms with Crippen molar-refractivity contribution in [2.24, 2.45) is 4.99 Å². The van der Waals surface area contributed by atoms with Gasteiger partial charge in [0.1, 0.15) is 0 Å². The van der Waals surface area contributed by atoms with E-state index in [1.165, 1.54) is 7.11 Å². The van der Waals surface area contributed by atoms with Crippen LogP contribution in [0.4, 0.5) is 0 Å². The van der Waals surface area contributed by atoms with E-state index in [0.717, 1.165) is 5.56 Å². The molecule has 0 saturated heterocycles. The number of rotatable bonds is 7. The average molecular weight is 484 g/mol. The van der Waals surface area contributed by atoms with Crippen LogP contribution in [0.1, 0.15) is 26.3 Å². The van der Waals surface area contributed by atoms with Crippen molar-refractivity contribution in [2.45, 2.75) is 37.8 Å². The lowest BCUT2D eigenvalue weighted by molar-refractivity contribution is 0.204. The van der Waals surface area contributed by atoms with Crippen LogP contribution in [0.2, 0.25) is 0 Å². The molecule has 1 aromatic carbocycles. The second kappa shape index (κ2) is 10.9. The summed E-state index contributed by atoms with van der Waals surface area (Å²) in [5.74, 6) is 0.661. The van der Waals surface area contributed by atoms with E-state index in [-0.39, 0.29) is 41.0 Å². The first-order valence-electron chi connectivity index (χ1n) is 7.74. The fourth-order valence-electron chi connectivity index (χ4n) is 1.90. The van der Waals surface area contributed by atoms with Gasteiger partial charge >= 0.3 is 0 Å². The molecule has 0 bridgehead atoms. The van der Waals surface area contributed by atoms with E-state index in [9.17, 15) is 8.42 Å². The monoisotopic (exact) mass is 484 g/mol. The van der Waals surface area contributed by atoms with Crippen molar-refractivity contribution in [3.63, 3.8) is 0 Å². The summed E-state index contributed by atoms with van der Waals surface area (Å²) in [6.45, 7) is 7.16. The lowest BCUT2D eigenvalue weighted by atomic mass is 10.1. The van der Waals surface area contributed by atoms with E-state index in [2.05, 4.69) is 20.3 Å². The summed E-state index contributed by atoms with van der Waals surface area (Å²) >= 11 is 0. The van der Waals surface area contributed by atoms with E-state index in [1.54, 1.807) is 25.2 Å². The Kier molecular flexibility index (Phi) is 10.5. The van der Waals surface area contributed by atoms with Gasteiger partial charge < -0.3 is 15.4 Å². The van der Waals surface area contributed by atoms with Gasteiger partial charge in [-0.15, -0.1) is 24.0 Å². The van der Waals surface area contributed by atoms with Crippen molar-refractivity contribution in [1.29, 1.82) is 0 Å². The lowest BCUT2D eigenvalue weighted by Gasteiger charge is -2.23. The molecule has 0 saturated carbocycles. The third-order valence-corrected chi connectivity index (χ3v) is 4.44. The minimum absolute atomic E-state index is 0. The van der Waals surface area contributed by atoms with Crippen molar-refractivity contribution in [3.8, 4) is 0 Å². The smallest absolute Gasteiger partial charge is 0.240 e. The van der Waals surface area contributed by atoms with Crippen LogP contribution in [-0.2, 0) is 21.3 Å². The van der Waals surface area contributed by atoms with Crippen molar-refractivity contribution in [2.75, 3.05) is 27.3 Å². The Morgan fingerprint density at radius 2 is 1.96 bits per heavy atom. The van der Waals surface area contributed by atoms with Gasteiger partial charge in [-0.2, -0.15) is 0 Å². The summed E-state index contributed by atoms with van der Waals surface area (Å²) in [5.41, 5.74) is 0.736. The van der Waals surface area contributed by atoms with Crippen LogP contribution in [0.5, 0.6) is 0 Å². The molecule has 0 amide bonds. The summed E-state index contributed by atoms with van der Waals surface area (Å²) in [6, 6.07) is 6.81. The van der Waals surface area contributed by atoms with E-state index in [0.29, 0.717) is 19.1 Å². The Labute approximate surface area is 168 Å². The van der Waals surface area contributed by atoms with Gasteiger partial charge in [0.15, 0.2) is 5.96 Å². The largest absolute Gasteiger partial charge is 0.383 e. The van der Waals surface area contributed by atoms with Crippen LogP contribution < -0.4 is 15.4 Å². The Hall–Kier alpha value is -0.910. The van der Waals surface area contributed by atoms with E-state index in [4.69, 9.17) is 4.74 Å². The fraction of sp³-hybridized carbons (Fsp3) is 0.562. The molecule has 3 N–H and O–H groups in total. The molecule has 0 fully saturated rings. The van der Waals surface area contributed by atoms with Crippen LogP contribution in [0.15, 0.2) is 34.2 Å². The number of aliphatic imine (C=N–C) groups is 1. The van der Waals surface area contributed by atoms with Gasteiger partial charge in [0.2, 0.25) is 10.0 Å². The van der Waals surface area contributed by atoms with Crippen molar-refractivity contribution in [3.05, 3.63) is 29.8 Å². The second-order valence-electron chi connectivity index (χ2n) is 6.34. The van der Waals surface area contributed by atoms with Crippen LogP contribution >= 0.6 is 24.0 Å². The van der Waals surface area contributed by atoms with E-state index in [1.807, 2.05) is 26.8 Å². The number of ether oxygens (including phenoxy) is 1. The predicted molar refractivity (Wildman–Crippen MR) is 112 cm³/mol. The molecule has 0 aliphatic rings. The molecule has 0 atom stereocenters. The first-order chi connectivity index (χ1) is 11.2. The molecule has 1 aromatic rings. The van der Waals surface area contributed by atoms with Gasteiger partial charge in [0.25, 0.3) is 0 Å². The number of nitrogens with zero attached hydrogens (tertiary/aromatic N) is 1. The quantitative estimate of drug-likeness (QED) is 0.237. The van der Waals surface area contributed by atoms with Crippen LogP contribution in [0, 0.1) is 0 Å². The molecule has 9 heteroatoms. The first-order valence-corrected chi connectivity index (χ1v) is 9.22. The SMILES string of the molecule is CN=C(NCc1cccc(S(=O)(=O)NCCOC)c1)NC(C)(C)C.I. The van der Waals surface area contributed by atoms with Crippen LogP contribution in [0.25, 0.3) is 0 Å². The zero-order valence-electron chi connectivity index (χ0n) is 15.4. The molecule has 144 valence electrons. The normalized spacial score (nSPS) is 12.4. The molecule has 0 spiro atoms. The maximum absolute atomic E-state index is 12.2. The Morgan fingerprint density at radius 1 is 1.28 bits per heavy atom. The highest BCUT2D eigenvalue weighted by Crippen LogP contribution is 2.11. The van der Waals surface area contributed by atoms with E-state index >= 15 is 0 Å². The highest BCUT2D eigenvalue weighted by Gasteiger charge is 2.14. The predicted octanol–water partition coefficient (Wildman–Crippen LogP) is 1.69. The molecule has 0 heterocycles. The Balaban J connectivity index is 0.00000576. The van der Waals surface area contributed by atoms with Gasteiger partial charge in [0, 0.05) is 32.8 Å². The van der Waals surface area contributed by atoms with Gasteiger partial charge in [0.05, 0.1) is 11.5 Å². The summed E-state index contributed by atoms with van der Waals surface area (Å²) in [5, 5.41) is 6.43. The molecule has 0 aliphatic carbocycles. The van der Waals surface area contributed by atoms with Crippen molar-refractivity contribution in [1.82, 2.24) is 15.4 Å². The first kappa shape index (κ1) is 24.1. The molecular formula is C16H29IN4O3S. The molecule has 0 unspecified atom stereocenters. The third-order valence-electron chi connectivity index (χ3n) is 2.98. The number of methoxy groups -OCH3 is 1. The molecule has 0 radical (unpaired) electrons. The number of hydrogen-bond donors (Lipinski definition) is 3. The van der Waals surface area contributed by atoms with Gasteiger partial charge in [-0.25, -0.2) is 13.1 Å².